The molecule has 0 saturated carbocycles. The van der Waals surface area contributed by atoms with Crippen LogP contribution in [0.4, 0.5) is 5.82 Å². The fraction of sp³-hybridized carbons (Fsp3) is 0.267. The van der Waals surface area contributed by atoms with Gasteiger partial charge in [0.05, 0.1) is 25.4 Å². The van der Waals surface area contributed by atoms with Crippen LogP contribution in [-0.4, -0.2) is 34.7 Å². The van der Waals surface area contributed by atoms with Crippen molar-refractivity contribution in [1.82, 2.24) is 9.97 Å². The number of benzene rings is 1. The van der Waals surface area contributed by atoms with Gasteiger partial charge >= 0.3 is 5.97 Å². The summed E-state index contributed by atoms with van der Waals surface area (Å²) in [6.07, 6.45) is 3.14. The number of anilines is 1. The Morgan fingerprint density at radius 3 is 2.95 bits per heavy atom. The molecular weight excluding hydrogens is 270 g/mol. The lowest BCUT2D eigenvalue weighted by Crippen LogP contribution is -2.37. The van der Waals surface area contributed by atoms with E-state index >= 15 is 0 Å². The number of hydrogen-bond donors (Lipinski definition) is 1. The van der Waals surface area contributed by atoms with E-state index in [1.807, 2.05) is 29.2 Å². The molecule has 6 nitrogen and oxygen atoms in total. The number of aliphatic carboxylic acids is 1. The van der Waals surface area contributed by atoms with Gasteiger partial charge in [-0.1, -0.05) is 24.3 Å². The number of rotatable bonds is 3. The molecule has 1 aliphatic heterocycles. The minimum Gasteiger partial charge on any atom is -0.481 e. The van der Waals surface area contributed by atoms with Gasteiger partial charge in [-0.25, -0.2) is 0 Å². The van der Waals surface area contributed by atoms with Gasteiger partial charge < -0.3 is 14.7 Å². The maximum atomic E-state index is 11.5. The molecule has 2 aromatic rings. The smallest absolute Gasteiger partial charge is 0.312 e. The summed E-state index contributed by atoms with van der Waals surface area (Å²) in [4.78, 5) is 21.9. The first-order chi connectivity index (χ1) is 10.2. The van der Waals surface area contributed by atoms with Gasteiger partial charge in [0.25, 0.3) is 0 Å². The summed E-state index contributed by atoms with van der Waals surface area (Å²) in [7, 11) is 1.53. The van der Waals surface area contributed by atoms with Crippen molar-refractivity contribution in [3.05, 3.63) is 47.8 Å². The van der Waals surface area contributed by atoms with Crippen LogP contribution in [0.2, 0.25) is 0 Å². The van der Waals surface area contributed by atoms with Crippen LogP contribution in [0, 0.1) is 0 Å². The van der Waals surface area contributed by atoms with Gasteiger partial charge in [0, 0.05) is 13.1 Å². The molecule has 1 aliphatic rings. The van der Waals surface area contributed by atoms with Gasteiger partial charge in [-0.2, -0.15) is 4.98 Å². The topological polar surface area (TPSA) is 75.5 Å². The summed E-state index contributed by atoms with van der Waals surface area (Å²) < 4.78 is 5.07. The quantitative estimate of drug-likeness (QED) is 0.924. The maximum absolute atomic E-state index is 11.5. The van der Waals surface area contributed by atoms with Crippen molar-refractivity contribution in [1.29, 1.82) is 0 Å². The van der Waals surface area contributed by atoms with E-state index in [1.165, 1.54) is 13.3 Å². The van der Waals surface area contributed by atoms with E-state index in [1.54, 1.807) is 6.20 Å². The standard InChI is InChI=1S/C15H15N3O3/c1-21-14-7-16-6-13(17-14)18-8-10-4-2-3-5-11(10)12(9-18)15(19)20/h2-7,12H,8-9H2,1H3,(H,19,20). The molecule has 0 spiro atoms. The predicted molar refractivity (Wildman–Crippen MR) is 76.5 cm³/mol. The van der Waals surface area contributed by atoms with Gasteiger partial charge in [-0.15, -0.1) is 0 Å². The van der Waals surface area contributed by atoms with Gasteiger partial charge in [0.1, 0.15) is 0 Å². The molecule has 108 valence electrons. The number of carboxylic acids is 1. The van der Waals surface area contributed by atoms with Crippen molar-refractivity contribution in [2.75, 3.05) is 18.6 Å². The Hall–Kier alpha value is -2.63. The Kier molecular flexibility index (Phi) is 3.43. The highest BCUT2D eigenvalue weighted by Gasteiger charge is 2.30. The number of nitrogens with zero attached hydrogens (tertiary/aromatic N) is 3. The first-order valence-corrected chi connectivity index (χ1v) is 6.60. The van der Waals surface area contributed by atoms with Crippen molar-refractivity contribution in [3.8, 4) is 5.88 Å². The van der Waals surface area contributed by atoms with Crippen LogP contribution in [0.25, 0.3) is 0 Å². The zero-order valence-electron chi connectivity index (χ0n) is 11.6. The third kappa shape index (κ3) is 2.52. The molecule has 2 heterocycles. The lowest BCUT2D eigenvalue weighted by atomic mass is 9.90. The summed E-state index contributed by atoms with van der Waals surface area (Å²) >= 11 is 0. The number of methoxy groups -OCH3 is 1. The molecule has 0 fully saturated rings. The number of carbonyl (C=O) groups is 1. The monoisotopic (exact) mass is 285 g/mol. The van der Waals surface area contributed by atoms with Crippen LogP contribution in [0.15, 0.2) is 36.7 Å². The van der Waals surface area contributed by atoms with Crippen LogP contribution >= 0.6 is 0 Å². The van der Waals surface area contributed by atoms with E-state index in [9.17, 15) is 9.90 Å². The van der Waals surface area contributed by atoms with Gasteiger partial charge in [-0.05, 0) is 11.1 Å². The number of fused-ring (bicyclic) bond motifs is 1. The highest BCUT2D eigenvalue weighted by atomic mass is 16.5. The highest BCUT2D eigenvalue weighted by Crippen LogP contribution is 2.31. The molecule has 1 atom stereocenters. The van der Waals surface area contributed by atoms with E-state index in [4.69, 9.17) is 4.74 Å². The molecule has 21 heavy (non-hydrogen) atoms. The Morgan fingerprint density at radius 2 is 2.19 bits per heavy atom. The third-order valence-electron chi connectivity index (χ3n) is 3.63. The van der Waals surface area contributed by atoms with Crippen molar-refractivity contribution in [2.24, 2.45) is 0 Å². The normalized spacial score (nSPS) is 17.2. The van der Waals surface area contributed by atoms with Crippen molar-refractivity contribution in [2.45, 2.75) is 12.5 Å². The lowest BCUT2D eigenvalue weighted by molar-refractivity contribution is -0.138. The van der Waals surface area contributed by atoms with Gasteiger partial charge in [0.2, 0.25) is 5.88 Å². The Morgan fingerprint density at radius 1 is 1.38 bits per heavy atom. The molecule has 0 bridgehead atoms. The lowest BCUT2D eigenvalue weighted by Gasteiger charge is -2.33. The second-order valence-corrected chi connectivity index (χ2v) is 4.89. The molecule has 1 aromatic heterocycles. The van der Waals surface area contributed by atoms with Crippen LogP contribution < -0.4 is 9.64 Å². The van der Waals surface area contributed by atoms with Crippen LogP contribution in [-0.2, 0) is 11.3 Å². The SMILES string of the molecule is COc1cncc(N2Cc3ccccc3C(C(=O)O)C2)n1. The second-order valence-electron chi connectivity index (χ2n) is 4.89. The second kappa shape index (κ2) is 5.40. The van der Waals surface area contributed by atoms with E-state index in [2.05, 4.69) is 9.97 Å². The van der Waals surface area contributed by atoms with Crippen LogP contribution in [0.5, 0.6) is 5.88 Å². The summed E-state index contributed by atoms with van der Waals surface area (Å²) in [6, 6.07) is 7.61. The maximum Gasteiger partial charge on any atom is 0.312 e. The molecular formula is C15H15N3O3. The number of ether oxygens (including phenoxy) is 1. The molecule has 0 saturated heterocycles. The Bertz CT molecular complexity index is 675. The number of carboxylic acid groups (broad SMARTS) is 1. The molecule has 0 radical (unpaired) electrons. The molecule has 0 amide bonds. The fourth-order valence-electron chi connectivity index (χ4n) is 2.58. The van der Waals surface area contributed by atoms with E-state index in [-0.39, 0.29) is 0 Å². The molecule has 6 heteroatoms. The van der Waals surface area contributed by atoms with Crippen LogP contribution in [0.1, 0.15) is 17.0 Å². The number of aromatic nitrogens is 2. The average molecular weight is 285 g/mol. The molecule has 0 aliphatic carbocycles. The van der Waals surface area contributed by atoms with Crippen LogP contribution in [0.3, 0.4) is 0 Å². The largest absolute Gasteiger partial charge is 0.481 e. The van der Waals surface area contributed by atoms with Crippen molar-refractivity contribution in [3.63, 3.8) is 0 Å². The summed E-state index contributed by atoms with van der Waals surface area (Å²) in [5, 5.41) is 9.46. The molecule has 3 rings (SSSR count). The Labute approximate surface area is 122 Å². The van der Waals surface area contributed by atoms with E-state index in [0.717, 1.165) is 11.1 Å². The number of hydrogen-bond acceptors (Lipinski definition) is 5. The fourth-order valence-corrected chi connectivity index (χ4v) is 2.58. The Balaban J connectivity index is 1.97. The minimum atomic E-state index is -0.831. The molecule has 1 aromatic carbocycles. The first-order valence-electron chi connectivity index (χ1n) is 6.60. The van der Waals surface area contributed by atoms with Gasteiger partial charge in [-0.3, -0.25) is 9.78 Å². The van der Waals surface area contributed by atoms with E-state index < -0.39 is 11.9 Å². The summed E-state index contributed by atoms with van der Waals surface area (Å²) in [6.45, 7) is 0.982. The minimum absolute atomic E-state index is 0.369. The highest BCUT2D eigenvalue weighted by molar-refractivity contribution is 5.78. The first kappa shape index (κ1) is 13.4. The van der Waals surface area contributed by atoms with Gasteiger partial charge in [0.15, 0.2) is 5.82 Å². The van der Waals surface area contributed by atoms with E-state index in [0.29, 0.717) is 24.8 Å². The summed E-state index contributed by atoms with van der Waals surface area (Å²) in [5.41, 5.74) is 1.87. The molecule has 1 unspecified atom stereocenters. The summed E-state index contributed by atoms with van der Waals surface area (Å²) in [5.74, 6) is -0.362. The zero-order chi connectivity index (χ0) is 14.8. The van der Waals surface area contributed by atoms with Crippen molar-refractivity contribution >= 4 is 11.8 Å². The predicted octanol–water partition coefficient (Wildman–Crippen LogP) is 1.67. The van der Waals surface area contributed by atoms with Crippen molar-refractivity contribution < 1.29 is 14.6 Å². The zero-order valence-corrected chi connectivity index (χ0v) is 11.6. The molecule has 1 N–H and O–H groups in total. The average Bonchev–Trinajstić information content (AvgIpc) is 2.53. The third-order valence-corrected chi connectivity index (χ3v) is 3.63.